The number of hydrogen-bond donors (Lipinski definition) is 1. The fraction of sp³-hybridized carbons (Fsp3) is 0.500. The number of methoxy groups -OCH3 is 2. The second kappa shape index (κ2) is 12.4. The molecule has 0 spiro atoms. The van der Waals surface area contributed by atoms with Gasteiger partial charge in [0.2, 0.25) is 11.5 Å². The molecule has 0 amide bonds. The third-order valence-corrected chi connectivity index (χ3v) is 5.62. The Morgan fingerprint density at radius 1 is 1.20 bits per heavy atom. The van der Waals surface area contributed by atoms with Gasteiger partial charge in [-0.15, -0.1) is 0 Å². The number of hydrogen-bond acceptors (Lipinski definition) is 4. The number of Topliss-reactive ketones (excluding diaryl/α,β-unsaturated/α-hetero) is 1. The maximum absolute atomic E-state index is 12.4. The number of ketones is 1. The Hall–Kier alpha value is -2.33. The summed E-state index contributed by atoms with van der Waals surface area (Å²) < 4.78 is 10.6. The van der Waals surface area contributed by atoms with Crippen LogP contribution in [0, 0.1) is 5.92 Å². The molecular formula is C26H38O4. The van der Waals surface area contributed by atoms with Crippen LogP contribution < -0.4 is 0 Å². The number of carbonyl (C=O) groups excluding carboxylic acids is 1. The van der Waals surface area contributed by atoms with Crippen LogP contribution in [0.1, 0.15) is 60.8 Å². The molecule has 0 aliphatic heterocycles. The fourth-order valence-electron chi connectivity index (χ4n) is 3.42. The van der Waals surface area contributed by atoms with Gasteiger partial charge in [0.1, 0.15) is 5.76 Å². The summed E-state index contributed by atoms with van der Waals surface area (Å²) in [6, 6.07) is 0. The lowest BCUT2D eigenvalue weighted by molar-refractivity contribution is -0.115. The van der Waals surface area contributed by atoms with Gasteiger partial charge >= 0.3 is 0 Å². The van der Waals surface area contributed by atoms with Crippen molar-refractivity contribution in [3.63, 3.8) is 0 Å². The lowest BCUT2D eigenvalue weighted by Crippen LogP contribution is -2.17. The molecule has 0 bridgehead atoms. The van der Waals surface area contributed by atoms with Crippen molar-refractivity contribution >= 4 is 5.78 Å². The van der Waals surface area contributed by atoms with Gasteiger partial charge in [-0.05, 0) is 53.0 Å². The largest absolute Gasteiger partial charge is 0.497 e. The minimum atomic E-state index is -0.445. The first-order chi connectivity index (χ1) is 14.2. The topological polar surface area (TPSA) is 55.8 Å². The van der Waals surface area contributed by atoms with Crippen LogP contribution >= 0.6 is 0 Å². The molecule has 0 aromatic rings. The molecule has 4 nitrogen and oxygen atoms in total. The van der Waals surface area contributed by atoms with E-state index in [1.54, 1.807) is 7.11 Å². The number of aliphatic hydroxyl groups excluding tert-OH is 1. The molecule has 30 heavy (non-hydrogen) atoms. The fourth-order valence-corrected chi connectivity index (χ4v) is 3.42. The van der Waals surface area contributed by atoms with Gasteiger partial charge in [0.05, 0.1) is 20.3 Å². The maximum atomic E-state index is 12.4. The second-order valence-electron chi connectivity index (χ2n) is 8.00. The summed E-state index contributed by atoms with van der Waals surface area (Å²) in [5, 5.41) is 10.3. The van der Waals surface area contributed by atoms with E-state index in [2.05, 4.69) is 38.2 Å². The van der Waals surface area contributed by atoms with Crippen LogP contribution in [-0.4, -0.2) is 31.2 Å². The Kier molecular flexibility index (Phi) is 10.6. The molecule has 4 heteroatoms. The Morgan fingerprint density at radius 2 is 1.87 bits per heavy atom. The molecule has 0 aromatic heterocycles. The average Bonchev–Trinajstić information content (AvgIpc) is 2.73. The molecule has 0 aromatic carbocycles. The Morgan fingerprint density at radius 3 is 2.43 bits per heavy atom. The summed E-state index contributed by atoms with van der Waals surface area (Å²) in [5.74, 6) is 0.890. The molecule has 0 unspecified atom stereocenters. The molecule has 166 valence electrons. The lowest BCUT2D eigenvalue weighted by Gasteiger charge is -2.21. The molecule has 0 fully saturated rings. The van der Waals surface area contributed by atoms with Crippen LogP contribution in [0.25, 0.3) is 0 Å². The van der Waals surface area contributed by atoms with E-state index in [0.29, 0.717) is 17.9 Å². The minimum absolute atomic E-state index is 0.0706. The van der Waals surface area contributed by atoms with E-state index in [-0.39, 0.29) is 11.7 Å². The van der Waals surface area contributed by atoms with Crippen molar-refractivity contribution in [2.75, 3.05) is 14.2 Å². The predicted octanol–water partition coefficient (Wildman–Crippen LogP) is 5.97. The number of allylic oxidation sites excluding steroid dienone is 8. The molecule has 1 N–H and O–H groups in total. The summed E-state index contributed by atoms with van der Waals surface area (Å²) in [5.41, 5.74) is 5.18. The zero-order chi connectivity index (χ0) is 22.8. The van der Waals surface area contributed by atoms with E-state index < -0.39 is 6.10 Å². The van der Waals surface area contributed by atoms with Gasteiger partial charge in [-0.25, -0.2) is 0 Å². The molecular weight excluding hydrogens is 376 g/mol. The van der Waals surface area contributed by atoms with Gasteiger partial charge < -0.3 is 14.6 Å². The van der Waals surface area contributed by atoms with Crippen LogP contribution in [0.3, 0.4) is 0 Å². The van der Waals surface area contributed by atoms with Crippen molar-refractivity contribution in [2.45, 2.75) is 66.9 Å². The average molecular weight is 415 g/mol. The normalized spacial score (nSPS) is 19.0. The predicted molar refractivity (Wildman–Crippen MR) is 124 cm³/mol. The van der Waals surface area contributed by atoms with Crippen molar-refractivity contribution in [3.05, 3.63) is 69.8 Å². The number of rotatable bonds is 10. The van der Waals surface area contributed by atoms with E-state index in [1.165, 1.54) is 12.7 Å². The zero-order valence-electron chi connectivity index (χ0n) is 19.8. The summed E-state index contributed by atoms with van der Waals surface area (Å²) in [7, 11) is 3.07. The first-order valence-electron chi connectivity index (χ1n) is 10.5. The first-order valence-corrected chi connectivity index (χ1v) is 10.5. The SMILES string of the molecule is C/C=C(\C)[C@H](O)[C@H](C)/C=C(C)/C=C/C/C(C)=C/CC1=C(C)C(=O)C(OC)=C(OC)C1. The highest BCUT2D eigenvalue weighted by molar-refractivity contribution is 6.08. The van der Waals surface area contributed by atoms with Gasteiger partial charge in [-0.1, -0.05) is 54.0 Å². The number of ether oxygens (including phenoxy) is 2. The van der Waals surface area contributed by atoms with Crippen molar-refractivity contribution < 1.29 is 19.4 Å². The highest BCUT2D eigenvalue weighted by Gasteiger charge is 2.27. The van der Waals surface area contributed by atoms with Gasteiger partial charge in [0.25, 0.3) is 0 Å². The van der Waals surface area contributed by atoms with Gasteiger partial charge in [-0.2, -0.15) is 0 Å². The molecule has 0 saturated carbocycles. The highest BCUT2D eigenvalue weighted by Crippen LogP contribution is 2.30. The van der Waals surface area contributed by atoms with E-state index >= 15 is 0 Å². The van der Waals surface area contributed by atoms with E-state index in [9.17, 15) is 9.90 Å². The van der Waals surface area contributed by atoms with Crippen LogP contribution in [-0.2, 0) is 14.3 Å². The standard InChI is InChI=1S/C26H38O4/c1-9-19(4)24(27)20(5)15-18(3)12-10-11-17(2)13-14-22-16-23(29-7)26(30-8)25(28)21(22)6/h9-10,12-13,15,20,24,27H,11,14,16H2,1-8H3/b12-10+,17-13+,18-15+,19-9+/t20-,24+/m1/s1. The minimum Gasteiger partial charge on any atom is -0.497 e. The van der Waals surface area contributed by atoms with Crippen molar-refractivity contribution in [3.8, 4) is 0 Å². The lowest BCUT2D eigenvalue weighted by atomic mass is 9.91. The Balaban J connectivity index is 2.71. The molecule has 1 aliphatic carbocycles. The summed E-state index contributed by atoms with van der Waals surface area (Å²) >= 11 is 0. The second-order valence-corrected chi connectivity index (χ2v) is 8.00. The Labute approximate surface area is 182 Å². The van der Waals surface area contributed by atoms with Crippen molar-refractivity contribution in [1.82, 2.24) is 0 Å². The molecule has 0 heterocycles. The van der Waals surface area contributed by atoms with Crippen LogP contribution in [0.4, 0.5) is 0 Å². The summed E-state index contributed by atoms with van der Waals surface area (Å²) in [4.78, 5) is 12.4. The van der Waals surface area contributed by atoms with E-state index in [0.717, 1.165) is 35.1 Å². The van der Waals surface area contributed by atoms with E-state index in [4.69, 9.17) is 9.47 Å². The molecule has 0 saturated heterocycles. The van der Waals surface area contributed by atoms with Gasteiger partial charge in [0.15, 0.2) is 0 Å². The quantitative estimate of drug-likeness (QED) is 0.353. The number of carbonyl (C=O) groups is 1. The third kappa shape index (κ3) is 7.17. The Bertz CT molecular complexity index is 803. The van der Waals surface area contributed by atoms with E-state index in [1.807, 2.05) is 33.8 Å². The van der Waals surface area contributed by atoms with Crippen molar-refractivity contribution in [2.24, 2.45) is 5.92 Å². The third-order valence-electron chi connectivity index (χ3n) is 5.62. The zero-order valence-corrected chi connectivity index (χ0v) is 19.8. The van der Waals surface area contributed by atoms with Crippen LogP contribution in [0.2, 0.25) is 0 Å². The van der Waals surface area contributed by atoms with Crippen LogP contribution in [0.15, 0.2) is 69.8 Å². The molecule has 0 radical (unpaired) electrons. The van der Waals surface area contributed by atoms with Gasteiger partial charge in [0, 0.05) is 17.9 Å². The van der Waals surface area contributed by atoms with Crippen LogP contribution in [0.5, 0.6) is 0 Å². The maximum Gasteiger partial charge on any atom is 0.226 e. The molecule has 1 aliphatic rings. The summed E-state index contributed by atoms with van der Waals surface area (Å²) in [6.45, 7) is 11.9. The first kappa shape index (κ1) is 25.7. The monoisotopic (exact) mass is 414 g/mol. The molecule has 2 atom stereocenters. The summed E-state index contributed by atoms with van der Waals surface area (Å²) in [6.07, 6.45) is 12.2. The smallest absolute Gasteiger partial charge is 0.226 e. The van der Waals surface area contributed by atoms with Crippen molar-refractivity contribution in [1.29, 1.82) is 0 Å². The highest BCUT2D eigenvalue weighted by atomic mass is 16.5. The molecule has 1 rings (SSSR count). The van der Waals surface area contributed by atoms with Gasteiger partial charge in [-0.3, -0.25) is 4.79 Å². The number of aliphatic hydroxyl groups is 1.